The van der Waals surface area contributed by atoms with Crippen LogP contribution in [0, 0.1) is 28.6 Å². The minimum Gasteiger partial charge on any atom is -0.339 e. The lowest BCUT2D eigenvalue weighted by Gasteiger charge is -2.29. The van der Waals surface area contributed by atoms with Crippen LogP contribution in [0.4, 0.5) is 0 Å². The Kier molecular flexibility index (Phi) is 3.60. The van der Waals surface area contributed by atoms with Gasteiger partial charge in [-0.15, -0.1) is 0 Å². The average Bonchev–Trinajstić information content (AvgIpc) is 2.46. The van der Waals surface area contributed by atoms with Gasteiger partial charge in [0.1, 0.15) is 0 Å². The maximum absolute atomic E-state index is 12.2. The molecule has 0 saturated carbocycles. The molecular formula is C14H13N3O. The summed E-state index contributed by atoms with van der Waals surface area (Å²) in [6.07, 6.45) is 1.47. The van der Waals surface area contributed by atoms with Crippen LogP contribution in [0.15, 0.2) is 24.3 Å². The van der Waals surface area contributed by atoms with Gasteiger partial charge in [0, 0.05) is 24.6 Å². The molecule has 1 aliphatic heterocycles. The number of carbonyl (C=O) groups excluding carboxylic acids is 1. The maximum Gasteiger partial charge on any atom is 0.253 e. The molecule has 1 aromatic carbocycles. The number of likely N-dealkylation sites (tertiary alicyclic amines) is 1. The predicted octanol–water partition coefficient (Wildman–Crippen LogP) is 1.93. The van der Waals surface area contributed by atoms with Gasteiger partial charge in [0.05, 0.1) is 17.7 Å². The van der Waals surface area contributed by atoms with Crippen LogP contribution in [0.5, 0.6) is 0 Å². The minimum atomic E-state index is -0.0523. The molecule has 0 radical (unpaired) electrons. The molecule has 0 unspecified atom stereocenters. The molecule has 0 bridgehead atoms. The smallest absolute Gasteiger partial charge is 0.253 e. The third-order valence-corrected chi connectivity index (χ3v) is 3.20. The van der Waals surface area contributed by atoms with Crippen molar-refractivity contribution in [1.82, 2.24) is 4.90 Å². The van der Waals surface area contributed by atoms with E-state index in [1.165, 1.54) is 0 Å². The van der Waals surface area contributed by atoms with Gasteiger partial charge in [0.2, 0.25) is 0 Å². The number of piperidine rings is 1. The molecule has 0 N–H and O–H groups in total. The molecule has 1 amide bonds. The highest BCUT2D eigenvalue weighted by Gasteiger charge is 2.23. The number of benzene rings is 1. The quantitative estimate of drug-likeness (QED) is 0.752. The van der Waals surface area contributed by atoms with Crippen molar-refractivity contribution < 1.29 is 4.79 Å². The molecule has 90 valence electrons. The molecule has 1 heterocycles. The van der Waals surface area contributed by atoms with Crippen molar-refractivity contribution in [1.29, 1.82) is 10.5 Å². The Bertz CT molecular complexity index is 531. The highest BCUT2D eigenvalue weighted by Crippen LogP contribution is 2.18. The summed E-state index contributed by atoms with van der Waals surface area (Å²) < 4.78 is 0. The van der Waals surface area contributed by atoms with Crippen molar-refractivity contribution in [3.05, 3.63) is 35.4 Å². The van der Waals surface area contributed by atoms with E-state index in [0.717, 1.165) is 12.8 Å². The fraction of sp³-hybridized carbons (Fsp3) is 0.357. The maximum atomic E-state index is 12.2. The molecule has 4 heteroatoms. The van der Waals surface area contributed by atoms with Crippen LogP contribution in [-0.2, 0) is 0 Å². The molecule has 0 aromatic heterocycles. The molecule has 1 saturated heterocycles. The van der Waals surface area contributed by atoms with Gasteiger partial charge in [-0.05, 0) is 31.0 Å². The minimum absolute atomic E-state index is 0.0523. The van der Waals surface area contributed by atoms with E-state index in [-0.39, 0.29) is 11.8 Å². The molecular weight excluding hydrogens is 226 g/mol. The van der Waals surface area contributed by atoms with Crippen molar-refractivity contribution in [3.8, 4) is 12.1 Å². The number of carbonyl (C=O) groups is 1. The summed E-state index contributed by atoms with van der Waals surface area (Å²) in [5.74, 6) is 0.0167. The Labute approximate surface area is 106 Å². The van der Waals surface area contributed by atoms with Gasteiger partial charge in [0.25, 0.3) is 5.91 Å². The van der Waals surface area contributed by atoms with Crippen LogP contribution in [0.2, 0.25) is 0 Å². The van der Waals surface area contributed by atoms with E-state index < -0.39 is 0 Å². The van der Waals surface area contributed by atoms with Gasteiger partial charge in [-0.2, -0.15) is 10.5 Å². The highest BCUT2D eigenvalue weighted by molar-refractivity contribution is 5.94. The van der Waals surface area contributed by atoms with E-state index in [2.05, 4.69) is 6.07 Å². The van der Waals surface area contributed by atoms with E-state index in [1.807, 2.05) is 6.07 Å². The molecule has 1 fully saturated rings. The standard InChI is InChI=1S/C14H13N3O/c15-9-11-4-6-17(7-5-11)14(18)13-3-1-2-12(8-13)10-16/h1-3,8,11H,4-7H2. The molecule has 0 spiro atoms. The Morgan fingerprint density at radius 2 is 2.00 bits per heavy atom. The van der Waals surface area contributed by atoms with Crippen LogP contribution < -0.4 is 0 Å². The largest absolute Gasteiger partial charge is 0.339 e. The van der Waals surface area contributed by atoms with E-state index in [4.69, 9.17) is 10.5 Å². The topological polar surface area (TPSA) is 67.9 Å². The molecule has 1 aromatic rings. The number of amides is 1. The zero-order chi connectivity index (χ0) is 13.0. The summed E-state index contributed by atoms with van der Waals surface area (Å²) in [6.45, 7) is 1.24. The second-order valence-electron chi connectivity index (χ2n) is 4.39. The Morgan fingerprint density at radius 1 is 1.28 bits per heavy atom. The Hall–Kier alpha value is -2.33. The van der Waals surface area contributed by atoms with Crippen molar-refractivity contribution in [2.24, 2.45) is 5.92 Å². The van der Waals surface area contributed by atoms with Crippen molar-refractivity contribution in [2.75, 3.05) is 13.1 Å². The van der Waals surface area contributed by atoms with Gasteiger partial charge in [0.15, 0.2) is 0 Å². The summed E-state index contributed by atoms with van der Waals surface area (Å²) in [5.41, 5.74) is 1.04. The zero-order valence-corrected chi connectivity index (χ0v) is 9.97. The molecule has 0 atom stereocenters. The summed E-state index contributed by atoms with van der Waals surface area (Å²) in [7, 11) is 0. The van der Waals surface area contributed by atoms with Gasteiger partial charge >= 0.3 is 0 Å². The van der Waals surface area contributed by atoms with Crippen LogP contribution in [0.1, 0.15) is 28.8 Å². The normalized spacial score (nSPS) is 15.8. The van der Waals surface area contributed by atoms with E-state index >= 15 is 0 Å². The number of hydrogen-bond acceptors (Lipinski definition) is 3. The zero-order valence-electron chi connectivity index (χ0n) is 9.97. The van der Waals surface area contributed by atoms with Crippen molar-refractivity contribution in [2.45, 2.75) is 12.8 Å². The van der Waals surface area contributed by atoms with Crippen LogP contribution in [0.3, 0.4) is 0 Å². The first-order valence-corrected chi connectivity index (χ1v) is 5.93. The fourth-order valence-corrected chi connectivity index (χ4v) is 2.12. The van der Waals surface area contributed by atoms with Crippen LogP contribution in [0.25, 0.3) is 0 Å². The second-order valence-corrected chi connectivity index (χ2v) is 4.39. The van der Waals surface area contributed by atoms with E-state index in [0.29, 0.717) is 24.2 Å². The number of nitriles is 2. The van der Waals surface area contributed by atoms with Crippen LogP contribution >= 0.6 is 0 Å². The molecule has 1 aliphatic rings. The Morgan fingerprint density at radius 3 is 2.61 bits per heavy atom. The molecule has 4 nitrogen and oxygen atoms in total. The second kappa shape index (κ2) is 5.33. The average molecular weight is 239 g/mol. The van der Waals surface area contributed by atoms with Gasteiger partial charge in [-0.3, -0.25) is 4.79 Å². The number of nitrogens with zero attached hydrogens (tertiary/aromatic N) is 3. The summed E-state index contributed by atoms with van der Waals surface area (Å²) in [5, 5.41) is 17.6. The number of rotatable bonds is 1. The summed E-state index contributed by atoms with van der Waals surface area (Å²) in [4.78, 5) is 14.0. The Balaban J connectivity index is 2.08. The van der Waals surface area contributed by atoms with Crippen LogP contribution in [-0.4, -0.2) is 23.9 Å². The SMILES string of the molecule is N#Cc1cccc(C(=O)N2CCC(C#N)CC2)c1. The van der Waals surface area contributed by atoms with Gasteiger partial charge < -0.3 is 4.90 Å². The lowest BCUT2D eigenvalue weighted by Crippen LogP contribution is -2.38. The first-order valence-electron chi connectivity index (χ1n) is 5.93. The monoisotopic (exact) mass is 239 g/mol. The van der Waals surface area contributed by atoms with E-state index in [1.54, 1.807) is 29.2 Å². The van der Waals surface area contributed by atoms with Gasteiger partial charge in [-0.25, -0.2) is 0 Å². The predicted molar refractivity (Wildman–Crippen MR) is 65.4 cm³/mol. The van der Waals surface area contributed by atoms with Crippen molar-refractivity contribution >= 4 is 5.91 Å². The first kappa shape index (κ1) is 12.1. The first-order chi connectivity index (χ1) is 8.74. The lowest BCUT2D eigenvalue weighted by atomic mass is 9.98. The van der Waals surface area contributed by atoms with Crippen molar-refractivity contribution in [3.63, 3.8) is 0 Å². The summed E-state index contributed by atoms with van der Waals surface area (Å²) >= 11 is 0. The molecule has 2 rings (SSSR count). The lowest BCUT2D eigenvalue weighted by molar-refractivity contribution is 0.0707. The van der Waals surface area contributed by atoms with Gasteiger partial charge in [-0.1, -0.05) is 6.07 Å². The van der Waals surface area contributed by atoms with E-state index in [9.17, 15) is 4.79 Å². The number of hydrogen-bond donors (Lipinski definition) is 0. The molecule has 0 aliphatic carbocycles. The molecule has 18 heavy (non-hydrogen) atoms. The third kappa shape index (κ3) is 2.49. The summed E-state index contributed by atoms with van der Waals surface area (Å²) in [6, 6.07) is 11.0. The highest BCUT2D eigenvalue weighted by atomic mass is 16.2. The fourth-order valence-electron chi connectivity index (χ4n) is 2.12. The third-order valence-electron chi connectivity index (χ3n) is 3.20.